The van der Waals surface area contributed by atoms with E-state index >= 15 is 0 Å². The van der Waals surface area contributed by atoms with Crippen LogP contribution in [0.4, 0.5) is 14.5 Å². The van der Waals surface area contributed by atoms with Crippen molar-refractivity contribution in [1.82, 2.24) is 14.7 Å². The molecule has 0 saturated carbocycles. The van der Waals surface area contributed by atoms with Crippen LogP contribution in [0.25, 0.3) is 0 Å². The van der Waals surface area contributed by atoms with Gasteiger partial charge in [0.05, 0.1) is 11.1 Å². The lowest BCUT2D eigenvalue weighted by Crippen LogP contribution is -2.38. The van der Waals surface area contributed by atoms with Crippen molar-refractivity contribution in [1.29, 1.82) is 0 Å². The summed E-state index contributed by atoms with van der Waals surface area (Å²) in [6.45, 7) is 8.24. The topological polar surface area (TPSA) is 73.0 Å². The fourth-order valence-electron chi connectivity index (χ4n) is 4.28. The average molecular weight is 487 g/mol. The predicted octanol–water partition coefficient (Wildman–Crippen LogP) is 3.75. The molecular weight excluding hydrogens is 454 g/mol. The smallest absolute Gasteiger partial charge is 0.257 e. The maximum absolute atomic E-state index is 14.8. The second-order valence-electron chi connectivity index (χ2n) is 8.56. The van der Waals surface area contributed by atoms with Gasteiger partial charge in [-0.1, -0.05) is 12.1 Å². The van der Waals surface area contributed by atoms with Gasteiger partial charge in [-0.3, -0.25) is 19.3 Å². The molecule has 35 heavy (non-hydrogen) atoms. The molecule has 0 bridgehead atoms. The van der Waals surface area contributed by atoms with E-state index in [9.17, 15) is 23.2 Å². The van der Waals surface area contributed by atoms with Gasteiger partial charge >= 0.3 is 0 Å². The SMILES string of the molecule is CCN(CC)C(=O)c1c(F)ccc(F)c1C(=O)N1CCCN(Cc2ccc(NC(C)=O)cc2)CC1. The molecule has 0 unspecified atom stereocenters. The fourth-order valence-corrected chi connectivity index (χ4v) is 4.28. The summed E-state index contributed by atoms with van der Waals surface area (Å²) in [5.41, 5.74) is 0.784. The molecule has 1 fully saturated rings. The summed E-state index contributed by atoms with van der Waals surface area (Å²) in [7, 11) is 0. The van der Waals surface area contributed by atoms with E-state index in [1.165, 1.54) is 16.7 Å². The number of benzene rings is 2. The third kappa shape index (κ3) is 6.42. The number of carbonyl (C=O) groups excluding carboxylic acids is 3. The van der Waals surface area contributed by atoms with Gasteiger partial charge in [0.2, 0.25) is 5.91 Å². The number of anilines is 1. The highest BCUT2D eigenvalue weighted by atomic mass is 19.1. The van der Waals surface area contributed by atoms with Crippen LogP contribution in [0.1, 0.15) is 53.5 Å². The summed E-state index contributed by atoms with van der Waals surface area (Å²) in [5.74, 6) is -3.28. The summed E-state index contributed by atoms with van der Waals surface area (Å²) in [5, 5.41) is 2.73. The first-order valence-corrected chi connectivity index (χ1v) is 11.9. The molecule has 1 aliphatic heterocycles. The molecule has 1 heterocycles. The number of carbonyl (C=O) groups is 3. The summed E-state index contributed by atoms with van der Waals surface area (Å²) in [4.78, 5) is 42.5. The van der Waals surface area contributed by atoms with Crippen LogP contribution in [0.15, 0.2) is 36.4 Å². The van der Waals surface area contributed by atoms with E-state index in [0.717, 1.165) is 29.9 Å². The summed E-state index contributed by atoms with van der Waals surface area (Å²) < 4.78 is 29.5. The monoisotopic (exact) mass is 486 g/mol. The lowest BCUT2D eigenvalue weighted by atomic mass is 10.0. The van der Waals surface area contributed by atoms with Gasteiger partial charge in [0, 0.05) is 58.4 Å². The molecule has 188 valence electrons. The molecule has 1 aliphatic rings. The summed E-state index contributed by atoms with van der Waals surface area (Å²) in [6.07, 6.45) is 0.659. The third-order valence-corrected chi connectivity index (χ3v) is 6.14. The van der Waals surface area contributed by atoms with Gasteiger partial charge in [0.15, 0.2) is 0 Å². The molecule has 3 rings (SSSR count). The predicted molar refractivity (Wildman–Crippen MR) is 130 cm³/mol. The Labute approximate surface area is 204 Å². The number of hydrogen-bond donors (Lipinski definition) is 1. The van der Waals surface area contributed by atoms with Gasteiger partial charge in [-0.25, -0.2) is 8.78 Å². The molecule has 2 aromatic rings. The standard InChI is InChI=1S/C26H32F2N4O3/c1-4-31(5-2)25(34)23-21(27)11-12-22(28)24(23)26(35)32-14-6-13-30(15-16-32)17-19-7-9-20(10-8-19)29-18(3)33/h7-12H,4-6,13-17H2,1-3H3,(H,29,33). The Morgan fingerprint density at radius 3 is 2.11 bits per heavy atom. The Balaban J connectivity index is 1.73. The first kappa shape index (κ1) is 26.3. The molecule has 3 amide bonds. The van der Waals surface area contributed by atoms with E-state index in [0.29, 0.717) is 45.7 Å². The van der Waals surface area contributed by atoms with Gasteiger partial charge in [-0.2, -0.15) is 0 Å². The van der Waals surface area contributed by atoms with Gasteiger partial charge in [0.1, 0.15) is 11.6 Å². The number of amides is 3. The average Bonchev–Trinajstić information content (AvgIpc) is 3.07. The van der Waals surface area contributed by atoms with Crippen molar-refractivity contribution in [2.75, 3.05) is 44.6 Å². The van der Waals surface area contributed by atoms with E-state index < -0.39 is 34.6 Å². The highest BCUT2D eigenvalue weighted by Crippen LogP contribution is 2.23. The fraction of sp³-hybridized carbons (Fsp3) is 0.423. The molecule has 1 N–H and O–H groups in total. The molecule has 1 saturated heterocycles. The van der Waals surface area contributed by atoms with Crippen LogP contribution in [-0.2, 0) is 11.3 Å². The Morgan fingerprint density at radius 1 is 0.886 bits per heavy atom. The molecule has 0 aromatic heterocycles. The van der Waals surface area contributed by atoms with Crippen molar-refractivity contribution >= 4 is 23.4 Å². The lowest BCUT2D eigenvalue weighted by Gasteiger charge is -2.25. The third-order valence-electron chi connectivity index (χ3n) is 6.14. The van der Waals surface area contributed by atoms with Crippen molar-refractivity contribution in [3.8, 4) is 0 Å². The number of hydrogen-bond acceptors (Lipinski definition) is 4. The van der Waals surface area contributed by atoms with E-state index in [1.54, 1.807) is 13.8 Å². The van der Waals surface area contributed by atoms with Crippen LogP contribution in [0.5, 0.6) is 0 Å². The quantitative estimate of drug-likeness (QED) is 0.647. The molecule has 0 radical (unpaired) electrons. The largest absolute Gasteiger partial charge is 0.339 e. The highest BCUT2D eigenvalue weighted by Gasteiger charge is 2.31. The second kappa shape index (κ2) is 11.9. The summed E-state index contributed by atoms with van der Waals surface area (Å²) >= 11 is 0. The van der Waals surface area contributed by atoms with Crippen molar-refractivity contribution in [2.24, 2.45) is 0 Å². The van der Waals surface area contributed by atoms with E-state index in [1.807, 2.05) is 24.3 Å². The zero-order valence-electron chi connectivity index (χ0n) is 20.4. The van der Waals surface area contributed by atoms with Crippen molar-refractivity contribution in [3.63, 3.8) is 0 Å². The zero-order chi connectivity index (χ0) is 25.5. The van der Waals surface area contributed by atoms with Crippen molar-refractivity contribution in [2.45, 2.75) is 33.7 Å². The maximum Gasteiger partial charge on any atom is 0.257 e. The minimum Gasteiger partial charge on any atom is -0.339 e. The van der Waals surface area contributed by atoms with E-state index in [4.69, 9.17) is 0 Å². The minimum absolute atomic E-state index is 0.133. The van der Waals surface area contributed by atoms with Crippen LogP contribution < -0.4 is 5.32 Å². The van der Waals surface area contributed by atoms with Crippen LogP contribution in [0.2, 0.25) is 0 Å². The molecule has 0 spiro atoms. The summed E-state index contributed by atoms with van der Waals surface area (Å²) in [6, 6.07) is 9.34. The number of nitrogens with zero attached hydrogens (tertiary/aromatic N) is 3. The lowest BCUT2D eigenvalue weighted by molar-refractivity contribution is -0.114. The Morgan fingerprint density at radius 2 is 1.51 bits per heavy atom. The molecule has 2 aromatic carbocycles. The molecule has 0 aliphatic carbocycles. The Hall–Kier alpha value is -3.33. The normalized spacial score (nSPS) is 14.4. The molecular formula is C26H32F2N4O3. The van der Waals surface area contributed by atoms with Gasteiger partial charge < -0.3 is 15.1 Å². The first-order chi connectivity index (χ1) is 16.7. The van der Waals surface area contributed by atoms with Gasteiger partial charge in [-0.15, -0.1) is 0 Å². The van der Waals surface area contributed by atoms with Crippen molar-refractivity contribution < 1.29 is 23.2 Å². The minimum atomic E-state index is -0.897. The van der Waals surface area contributed by atoms with Crippen LogP contribution in [0, 0.1) is 11.6 Å². The van der Waals surface area contributed by atoms with Crippen molar-refractivity contribution in [3.05, 3.63) is 64.7 Å². The number of halogens is 2. The molecule has 7 nitrogen and oxygen atoms in total. The van der Waals surface area contributed by atoms with Crippen LogP contribution in [0.3, 0.4) is 0 Å². The molecule has 9 heteroatoms. The maximum atomic E-state index is 14.8. The second-order valence-corrected chi connectivity index (χ2v) is 8.56. The highest BCUT2D eigenvalue weighted by molar-refractivity contribution is 6.07. The molecule has 0 atom stereocenters. The van der Waals surface area contributed by atoms with E-state index in [2.05, 4.69) is 10.2 Å². The van der Waals surface area contributed by atoms with Gasteiger partial charge in [-0.05, 0) is 50.1 Å². The number of nitrogens with one attached hydrogen (secondary N) is 1. The number of rotatable bonds is 7. The first-order valence-electron chi connectivity index (χ1n) is 11.9. The van der Waals surface area contributed by atoms with Crippen LogP contribution in [-0.4, -0.2) is 71.7 Å². The zero-order valence-corrected chi connectivity index (χ0v) is 20.4. The Kier molecular flexibility index (Phi) is 8.92. The van der Waals surface area contributed by atoms with Gasteiger partial charge in [0.25, 0.3) is 11.8 Å². The Bertz CT molecular complexity index is 1070. The van der Waals surface area contributed by atoms with Crippen LogP contribution >= 0.6 is 0 Å². The van der Waals surface area contributed by atoms with E-state index in [-0.39, 0.29) is 5.91 Å².